The zero-order valence-electron chi connectivity index (χ0n) is 17.2. The van der Waals surface area contributed by atoms with Crippen molar-refractivity contribution in [2.45, 2.75) is 31.2 Å². The molecule has 2 aromatic rings. The summed E-state index contributed by atoms with van der Waals surface area (Å²) in [6.45, 7) is 2.64. The minimum absolute atomic E-state index is 0.0227. The van der Waals surface area contributed by atoms with E-state index in [1.165, 1.54) is 21.9 Å². The first-order valence-corrected chi connectivity index (χ1v) is 13.5. The van der Waals surface area contributed by atoms with Crippen LogP contribution in [0.3, 0.4) is 0 Å². The van der Waals surface area contributed by atoms with Crippen molar-refractivity contribution in [2.75, 3.05) is 32.2 Å². The third-order valence-electron chi connectivity index (χ3n) is 4.96. The van der Waals surface area contributed by atoms with Crippen molar-refractivity contribution in [1.29, 1.82) is 0 Å². The number of carbonyl (C=O) groups excluding carboxylic acids is 2. The number of sulfonamides is 1. The SMILES string of the molecule is CCOC(=O)Cn1c(=NC(=O)C2CCN(S(C)(=O)=O)CC2)sc2cc(SC)ccc21. The van der Waals surface area contributed by atoms with Gasteiger partial charge in [-0.15, -0.1) is 11.8 Å². The largest absolute Gasteiger partial charge is 0.465 e. The summed E-state index contributed by atoms with van der Waals surface area (Å²) in [6.07, 6.45) is 4.04. The van der Waals surface area contributed by atoms with Crippen molar-refractivity contribution in [3.63, 3.8) is 0 Å². The number of hydrogen-bond donors (Lipinski definition) is 0. The Kier molecular flexibility index (Phi) is 7.38. The van der Waals surface area contributed by atoms with Crippen LogP contribution in [0.5, 0.6) is 0 Å². The second-order valence-electron chi connectivity index (χ2n) is 7.00. The van der Waals surface area contributed by atoms with Crippen LogP contribution in [0.4, 0.5) is 0 Å². The first kappa shape index (κ1) is 23.0. The fraction of sp³-hybridized carbons (Fsp3) is 0.526. The molecule has 1 aliphatic heterocycles. The Morgan fingerprint density at radius 3 is 2.60 bits per heavy atom. The van der Waals surface area contributed by atoms with Crippen molar-refractivity contribution < 1.29 is 22.7 Å². The van der Waals surface area contributed by atoms with E-state index >= 15 is 0 Å². The molecule has 0 bridgehead atoms. The van der Waals surface area contributed by atoms with E-state index in [0.29, 0.717) is 30.7 Å². The van der Waals surface area contributed by atoms with E-state index in [1.807, 2.05) is 24.5 Å². The van der Waals surface area contributed by atoms with Gasteiger partial charge >= 0.3 is 5.97 Å². The molecule has 0 radical (unpaired) electrons. The smallest absolute Gasteiger partial charge is 0.326 e. The number of hydrogen-bond acceptors (Lipinski definition) is 7. The van der Waals surface area contributed by atoms with Crippen LogP contribution in [-0.4, -0.2) is 61.4 Å². The van der Waals surface area contributed by atoms with Crippen LogP contribution < -0.4 is 4.80 Å². The molecule has 11 heteroatoms. The number of ether oxygens (including phenoxy) is 1. The first-order chi connectivity index (χ1) is 14.2. The molecule has 8 nitrogen and oxygen atoms in total. The summed E-state index contributed by atoms with van der Waals surface area (Å²) in [5.41, 5.74) is 0.823. The lowest BCUT2D eigenvalue weighted by Gasteiger charge is -2.28. The molecule has 1 saturated heterocycles. The Morgan fingerprint density at radius 2 is 2.00 bits per heavy atom. The van der Waals surface area contributed by atoms with E-state index in [2.05, 4.69) is 4.99 Å². The molecule has 164 valence electrons. The summed E-state index contributed by atoms with van der Waals surface area (Å²) in [6, 6.07) is 5.90. The van der Waals surface area contributed by atoms with Crippen molar-refractivity contribution in [3.05, 3.63) is 23.0 Å². The van der Waals surface area contributed by atoms with Gasteiger partial charge in [-0.3, -0.25) is 9.59 Å². The minimum atomic E-state index is -3.25. The zero-order valence-corrected chi connectivity index (χ0v) is 19.6. The molecule has 1 amide bonds. The zero-order chi connectivity index (χ0) is 21.9. The Balaban J connectivity index is 1.92. The highest BCUT2D eigenvalue weighted by Crippen LogP contribution is 2.25. The number of nitrogens with zero attached hydrogens (tertiary/aromatic N) is 3. The van der Waals surface area contributed by atoms with E-state index in [1.54, 1.807) is 23.3 Å². The number of piperidine rings is 1. The van der Waals surface area contributed by atoms with Gasteiger partial charge in [-0.05, 0) is 44.2 Å². The van der Waals surface area contributed by atoms with Crippen molar-refractivity contribution in [1.82, 2.24) is 8.87 Å². The normalized spacial score (nSPS) is 16.8. The molecule has 3 rings (SSSR count). The third-order valence-corrected chi connectivity index (χ3v) is 8.03. The summed E-state index contributed by atoms with van der Waals surface area (Å²) in [7, 11) is -3.25. The molecule has 1 aromatic carbocycles. The van der Waals surface area contributed by atoms with Crippen LogP contribution >= 0.6 is 23.1 Å². The molecule has 1 fully saturated rings. The monoisotopic (exact) mass is 471 g/mol. The van der Waals surface area contributed by atoms with Crippen molar-refractivity contribution in [2.24, 2.45) is 10.9 Å². The predicted octanol–water partition coefficient (Wildman–Crippen LogP) is 2.09. The summed E-state index contributed by atoms with van der Waals surface area (Å²) in [5.74, 6) is -0.995. The van der Waals surface area contributed by atoms with Gasteiger partial charge in [-0.2, -0.15) is 4.99 Å². The van der Waals surface area contributed by atoms with Crippen LogP contribution in [0.25, 0.3) is 10.2 Å². The average Bonchev–Trinajstić information content (AvgIpc) is 3.03. The molecule has 1 aromatic heterocycles. The molecule has 0 N–H and O–H groups in total. The highest BCUT2D eigenvalue weighted by molar-refractivity contribution is 7.98. The van der Waals surface area contributed by atoms with E-state index in [-0.39, 0.29) is 30.9 Å². The Morgan fingerprint density at radius 1 is 1.30 bits per heavy atom. The number of benzene rings is 1. The highest BCUT2D eigenvalue weighted by Gasteiger charge is 2.29. The summed E-state index contributed by atoms with van der Waals surface area (Å²) >= 11 is 2.97. The standard InChI is InChI=1S/C19H25N3O5S3/c1-4-27-17(23)12-22-15-6-5-14(28-2)11-16(15)29-19(22)20-18(24)13-7-9-21(10-8-13)30(3,25)26/h5-6,11,13H,4,7-10,12H2,1-3H3. The molecule has 0 unspecified atom stereocenters. The quantitative estimate of drug-likeness (QED) is 0.473. The van der Waals surface area contributed by atoms with Gasteiger partial charge in [-0.25, -0.2) is 12.7 Å². The lowest BCUT2D eigenvalue weighted by Crippen LogP contribution is -2.39. The number of rotatable bonds is 6. The van der Waals surface area contributed by atoms with Gasteiger partial charge in [0.15, 0.2) is 4.80 Å². The van der Waals surface area contributed by atoms with Gasteiger partial charge < -0.3 is 9.30 Å². The van der Waals surface area contributed by atoms with Crippen LogP contribution in [0, 0.1) is 5.92 Å². The summed E-state index contributed by atoms with van der Waals surface area (Å²) < 4.78 is 32.5. The molecule has 0 spiro atoms. The third kappa shape index (κ3) is 5.32. The molecular weight excluding hydrogens is 446 g/mol. The van der Waals surface area contributed by atoms with Crippen molar-refractivity contribution >= 4 is 55.2 Å². The molecule has 2 heterocycles. The first-order valence-electron chi connectivity index (χ1n) is 9.59. The van der Waals surface area contributed by atoms with Crippen LogP contribution in [-0.2, 0) is 30.9 Å². The van der Waals surface area contributed by atoms with Gasteiger partial charge in [0.1, 0.15) is 6.54 Å². The maximum Gasteiger partial charge on any atom is 0.326 e. The number of aromatic nitrogens is 1. The fourth-order valence-corrected chi connectivity index (χ4v) is 5.84. The lowest BCUT2D eigenvalue weighted by molar-refractivity contribution is -0.143. The van der Waals surface area contributed by atoms with E-state index in [0.717, 1.165) is 15.1 Å². The molecule has 1 aliphatic rings. The van der Waals surface area contributed by atoms with Gasteiger partial charge in [0.2, 0.25) is 10.0 Å². The number of thioether (sulfide) groups is 1. The maximum absolute atomic E-state index is 12.8. The van der Waals surface area contributed by atoms with Crippen LogP contribution in [0.1, 0.15) is 19.8 Å². The maximum atomic E-state index is 12.8. The summed E-state index contributed by atoms with van der Waals surface area (Å²) in [5, 5.41) is 0. The minimum Gasteiger partial charge on any atom is -0.465 e. The topological polar surface area (TPSA) is 98.0 Å². The van der Waals surface area contributed by atoms with Crippen molar-refractivity contribution in [3.8, 4) is 0 Å². The number of fused-ring (bicyclic) bond motifs is 1. The van der Waals surface area contributed by atoms with E-state index in [4.69, 9.17) is 4.74 Å². The Labute approximate surface area is 184 Å². The van der Waals surface area contributed by atoms with E-state index in [9.17, 15) is 18.0 Å². The highest BCUT2D eigenvalue weighted by atomic mass is 32.2. The Bertz CT molecular complexity index is 1110. The lowest BCUT2D eigenvalue weighted by atomic mass is 9.98. The number of carbonyl (C=O) groups is 2. The fourth-order valence-electron chi connectivity index (χ4n) is 3.37. The van der Waals surface area contributed by atoms with Gasteiger partial charge in [0.05, 0.1) is 23.1 Å². The van der Waals surface area contributed by atoms with Crippen LogP contribution in [0.2, 0.25) is 0 Å². The molecule has 0 atom stereocenters. The van der Waals surface area contributed by atoms with Gasteiger partial charge in [-0.1, -0.05) is 11.3 Å². The second-order valence-corrected chi connectivity index (χ2v) is 10.9. The predicted molar refractivity (Wildman–Crippen MR) is 118 cm³/mol. The average molecular weight is 472 g/mol. The van der Waals surface area contributed by atoms with Gasteiger partial charge in [0.25, 0.3) is 5.91 Å². The molecule has 0 aliphatic carbocycles. The summed E-state index contributed by atoms with van der Waals surface area (Å²) in [4.78, 5) is 30.8. The molecule has 30 heavy (non-hydrogen) atoms. The molecular formula is C19H25N3O5S3. The van der Waals surface area contributed by atoms with Crippen LogP contribution in [0.15, 0.2) is 28.1 Å². The molecule has 0 saturated carbocycles. The van der Waals surface area contributed by atoms with Gasteiger partial charge in [0, 0.05) is 23.9 Å². The second kappa shape index (κ2) is 9.63. The Hall–Kier alpha value is -1.69. The number of thiazole rings is 1. The van der Waals surface area contributed by atoms with E-state index < -0.39 is 10.0 Å². The number of esters is 1. The number of amides is 1.